The van der Waals surface area contributed by atoms with E-state index in [0.717, 1.165) is 41.8 Å². The van der Waals surface area contributed by atoms with Crippen LogP contribution in [0.15, 0.2) is 30.3 Å². The summed E-state index contributed by atoms with van der Waals surface area (Å²) in [6, 6.07) is 9.67. The molecule has 3 atom stereocenters. The molecule has 3 aliphatic heterocycles. The Balaban J connectivity index is 1.60. The zero-order valence-electron chi connectivity index (χ0n) is 19.0. The van der Waals surface area contributed by atoms with E-state index in [0.29, 0.717) is 23.6 Å². The van der Waals surface area contributed by atoms with Crippen molar-refractivity contribution in [2.75, 3.05) is 31.4 Å². The lowest BCUT2D eigenvalue weighted by Gasteiger charge is -2.36. The van der Waals surface area contributed by atoms with Crippen LogP contribution in [-0.2, 0) is 15.1 Å². The number of hydrogen-bond acceptors (Lipinski definition) is 5. The highest BCUT2D eigenvalue weighted by Crippen LogP contribution is 2.56. The molecule has 3 aliphatic rings. The lowest BCUT2D eigenvalue weighted by atomic mass is 9.77. The number of carbonyl (C=O) groups excluding carboxylic acids is 2. The quantitative estimate of drug-likeness (QED) is 0.767. The van der Waals surface area contributed by atoms with Crippen molar-refractivity contribution in [3.05, 3.63) is 47.0 Å². The number of amides is 2. The predicted octanol–water partition coefficient (Wildman–Crippen LogP) is 3.59. The summed E-state index contributed by atoms with van der Waals surface area (Å²) in [5, 5.41) is 6.17. The maximum atomic E-state index is 13.8. The first kappa shape index (κ1) is 20.8. The molecule has 168 valence electrons. The van der Waals surface area contributed by atoms with Crippen molar-refractivity contribution in [3.8, 4) is 11.5 Å². The Morgan fingerprint density at radius 2 is 2.00 bits per heavy atom. The van der Waals surface area contributed by atoms with Gasteiger partial charge in [-0.15, -0.1) is 0 Å². The van der Waals surface area contributed by atoms with E-state index in [2.05, 4.69) is 27.7 Å². The number of nitrogens with one attached hydrogen (secondary N) is 2. The van der Waals surface area contributed by atoms with Crippen LogP contribution in [0, 0.1) is 19.8 Å². The number of methoxy groups -OCH3 is 2. The minimum Gasteiger partial charge on any atom is -0.497 e. The summed E-state index contributed by atoms with van der Waals surface area (Å²) in [5.74, 6) is 0.398. The molecule has 5 rings (SSSR count). The topological polar surface area (TPSA) is 79.9 Å². The summed E-state index contributed by atoms with van der Waals surface area (Å²) < 4.78 is 10.8. The summed E-state index contributed by atoms with van der Waals surface area (Å²) in [7, 11) is 3.15. The third-order valence-corrected chi connectivity index (χ3v) is 7.30. The molecule has 2 aromatic carbocycles. The molecule has 0 aliphatic carbocycles. The summed E-state index contributed by atoms with van der Waals surface area (Å²) in [4.78, 5) is 29.7. The van der Waals surface area contributed by atoms with Gasteiger partial charge in [0.2, 0.25) is 11.8 Å². The Bertz CT molecular complexity index is 1110. The minimum atomic E-state index is -0.983. The molecular formula is C25H29N3O4. The van der Waals surface area contributed by atoms with Crippen LogP contribution in [0.5, 0.6) is 11.5 Å². The van der Waals surface area contributed by atoms with Gasteiger partial charge in [0.1, 0.15) is 17.0 Å². The van der Waals surface area contributed by atoms with E-state index in [1.807, 2.05) is 13.8 Å². The number of nitrogens with zero attached hydrogens (tertiary/aromatic N) is 1. The monoisotopic (exact) mass is 435 g/mol. The van der Waals surface area contributed by atoms with Crippen LogP contribution >= 0.6 is 0 Å². The predicted molar refractivity (Wildman–Crippen MR) is 122 cm³/mol. The second-order valence-corrected chi connectivity index (χ2v) is 9.06. The third-order valence-electron chi connectivity index (χ3n) is 7.30. The first-order chi connectivity index (χ1) is 15.4. The lowest BCUT2D eigenvalue weighted by molar-refractivity contribution is -0.135. The van der Waals surface area contributed by atoms with Gasteiger partial charge in [0, 0.05) is 23.4 Å². The molecule has 0 unspecified atom stereocenters. The Hall–Kier alpha value is -3.06. The van der Waals surface area contributed by atoms with E-state index in [-0.39, 0.29) is 17.9 Å². The fourth-order valence-electron chi connectivity index (χ4n) is 6.01. The van der Waals surface area contributed by atoms with Crippen molar-refractivity contribution in [1.82, 2.24) is 4.90 Å². The standard InChI is InChI=1S/C25H29N3O4/c1-14-10-15(2)22-18(11-14)25(24(30)27-22)19(12-16-6-5-9-28(16)25)23(29)26-20-13-17(31-3)7-8-21(20)32-4/h7-8,10-11,13,16,19H,5-6,9,12H2,1-4H3,(H,26,29)(H,27,30)/t16-,19-,25-/m1/s1. The molecule has 3 heterocycles. The van der Waals surface area contributed by atoms with Crippen LogP contribution in [0.25, 0.3) is 0 Å². The number of anilines is 2. The van der Waals surface area contributed by atoms with E-state index in [9.17, 15) is 9.59 Å². The molecule has 2 saturated heterocycles. The van der Waals surface area contributed by atoms with Crippen LogP contribution < -0.4 is 20.1 Å². The summed E-state index contributed by atoms with van der Waals surface area (Å²) in [5.41, 5.74) is 3.46. The second-order valence-electron chi connectivity index (χ2n) is 9.06. The van der Waals surface area contributed by atoms with Crippen molar-refractivity contribution in [1.29, 1.82) is 0 Å². The summed E-state index contributed by atoms with van der Waals surface area (Å²) in [6.45, 7) is 4.87. The molecule has 0 saturated carbocycles. The molecule has 2 N–H and O–H groups in total. The zero-order chi connectivity index (χ0) is 22.6. The van der Waals surface area contributed by atoms with Crippen molar-refractivity contribution >= 4 is 23.2 Å². The van der Waals surface area contributed by atoms with Crippen molar-refractivity contribution in [2.45, 2.75) is 44.7 Å². The van der Waals surface area contributed by atoms with Gasteiger partial charge in [0.15, 0.2) is 0 Å². The molecule has 1 spiro atoms. The van der Waals surface area contributed by atoms with Crippen LogP contribution in [0.3, 0.4) is 0 Å². The first-order valence-electron chi connectivity index (χ1n) is 11.1. The van der Waals surface area contributed by atoms with Crippen LogP contribution in [0.1, 0.15) is 36.0 Å². The smallest absolute Gasteiger partial charge is 0.250 e. The van der Waals surface area contributed by atoms with Crippen LogP contribution in [0.4, 0.5) is 11.4 Å². The minimum absolute atomic E-state index is 0.0941. The van der Waals surface area contributed by atoms with E-state index in [4.69, 9.17) is 9.47 Å². The van der Waals surface area contributed by atoms with Gasteiger partial charge in [-0.25, -0.2) is 0 Å². The molecule has 0 aromatic heterocycles. The number of rotatable bonds is 4. The highest BCUT2D eigenvalue weighted by Gasteiger charge is 2.65. The fourth-order valence-corrected chi connectivity index (χ4v) is 6.01. The SMILES string of the molecule is COc1ccc(OC)c(NC(=O)[C@H]2C[C@H]3CCCN3[C@@]23C(=O)Nc2c(C)cc(C)cc23)c1. The molecule has 7 nitrogen and oxygen atoms in total. The molecule has 0 bridgehead atoms. The van der Waals surface area contributed by atoms with Gasteiger partial charge in [0.05, 0.1) is 25.8 Å². The zero-order valence-corrected chi connectivity index (χ0v) is 19.0. The number of benzene rings is 2. The number of fused-ring (bicyclic) bond motifs is 4. The molecule has 7 heteroatoms. The normalized spacial score (nSPS) is 26.1. The van der Waals surface area contributed by atoms with Crippen LogP contribution in [-0.4, -0.2) is 43.5 Å². The van der Waals surface area contributed by atoms with Gasteiger partial charge in [-0.3, -0.25) is 14.5 Å². The molecule has 0 radical (unpaired) electrons. The largest absolute Gasteiger partial charge is 0.497 e. The molecule has 32 heavy (non-hydrogen) atoms. The third kappa shape index (κ3) is 2.84. The number of hydrogen-bond donors (Lipinski definition) is 2. The van der Waals surface area contributed by atoms with E-state index >= 15 is 0 Å². The van der Waals surface area contributed by atoms with Gasteiger partial charge in [-0.1, -0.05) is 17.7 Å². The van der Waals surface area contributed by atoms with Gasteiger partial charge in [0.25, 0.3) is 0 Å². The van der Waals surface area contributed by atoms with Crippen LogP contribution in [0.2, 0.25) is 0 Å². The summed E-state index contributed by atoms with van der Waals surface area (Å²) >= 11 is 0. The highest BCUT2D eigenvalue weighted by atomic mass is 16.5. The molecule has 2 amide bonds. The van der Waals surface area contributed by atoms with Gasteiger partial charge < -0.3 is 20.1 Å². The van der Waals surface area contributed by atoms with Gasteiger partial charge in [-0.2, -0.15) is 0 Å². The lowest BCUT2D eigenvalue weighted by Crippen LogP contribution is -2.53. The van der Waals surface area contributed by atoms with E-state index in [1.54, 1.807) is 32.4 Å². The van der Waals surface area contributed by atoms with Gasteiger partial charge in [-0.05, 0) is 57.4 Å². The number of carbonyl (C=O) groups is 2. The van der Waals surface area contributed by atoms with Gasteiger partial charge >= 0.3 is 0 Å². The molecular weight excluding hydrogens is 406 g/mol. The molecule has 2 fully saturated rings. The second kappa shape index (κ2) is 7.52. The van der Waals surface area contributed by atoms with Crippen molar-refractivity contribution in [2.24, 2.45) is 5.92 Å². The maximum absolute atomic E-state index is 13.8. The van der Waals surface area contributed by atoms with Crippen molar-refractivity contribution < 1.29 is 19.1 Å². The Morgan fingerprint density at radius 3 is 2.75 bits per heavy atom. The van der Waals surface area contributed by atoms with Crippen molar-refractivity contribution in [3.63, 3.8) is 0 Å². The average molecular weight is 436 g/mol. The fraction of sp³-hybridized carbons (Fsp3) is 0.440. The number of ether oxygens (including phenoxy) is 2. The highest BCUT2D eigenvalue weighted by molar-refractivity contribution is 6.11. The summed E-state index contributed by atoms with van der Waals surface area (Å²) in [6.07, 6.45) is 2.69. The number of aryl methyl sites for hydroxylation is 2. The maximum Gasteiger partial charge on any atom is 0.250 e. The van der Waals surface area contributed by atoms with E-state index < -0.39 is 11.5 Å². The average Bonchev–Trinajstić information content (AvgIpc) is 3.43. The first-order valence-corrected chi connectivity index (χ1v) is 11.1. The Labute approximate surface area is 188 Å². The molecule has 2 aromatic rings. The Kier molecular flexibility index (Phi) is 4.89. The van der Waals surface area contributed by atoms with E-state index in [1.165, 1.54) is 0 Å². The Morgan fingerprint density at radius 1 is 1.19 bits per heavy atom.